The van der Waals surface area contributed by atoms with E-state index in [-0.39, 0.29) is 5.91 Å². The standard InChI is InChI=1S/C16H28N4O2/c1-5-9-20(10-6-2)16(21)14-12-15(19-13(3)18-14)17-8-7-11-22-4/h12H,5-11H2,1-4H3,(H,17,18,19). The third-order valence-electron chi connectivity index (χ3n) is 3.16. The van der Waals surface area contributed by atoms with Crippen molar-refractivity contribution in [3.05, 3.63) is 17.6 Å². The van der Waals surface area contributed by atoms with Gasteiger partial charge in [0.1, 0.15) is 17.3 Å². The van der Waals surface area contributed by atoms with Crippen LogP contribution in [0.3, 0.4) is 0 Å². The summed E-state index contributed by atoms with van der Waals surface area (Å²) in [6.07, 6.45) is 2.77. The van der Waals surface area contributed by atoms with Crippen LogP contribution in [0.5, 0.6) is 0 Å². The van der Waals surface area contributed by atoms with E-state index in [9.17, 15) is 4.79 Å². The minimum absolute atomic E-state index is 0.0193. The normalized spacial score (nSPS) is 10.5. The van der Waals surface area contributed by atoms with Gasteiger partial charge in [-0.1, -0.05) is 13.8 Å². The highest BCUT2D eigenvalue weighted by Crippen LogP contribution is 2.10. The van der Waals surface area contributed by atoms with E-state index in [1.165, 1.54) is 0 Å². The molecule has 0 aliphatic carbocycles. The first-order chi connectivity index (χ1) is 10.6. The zero-order valence-electron chi connectivity index (χ0n) is 14.2. The molecule has 1 rings (SSSR count). The molecule has 1 aromatic heterocycles. The summed E-state index contributed by atoms with van der Waals surface area (Å²) < 4.78 is 5.02. The Morgan fingerprint density at radius 2 is 1.95 bits per heavy atom. The van der Waals surface area contributed by atoms with Crippen LogP contribution in [-0.2, 0) is 4.74 Å². The van der Waals surface area contributed by atoms with Crippen LogP contribution in [0.2, 0.25) is 0 Å². The number of carbonyl (C=O) groups is 1. The summed E-state index contributed by atoms with van der Waals surface area (Å²) in [5.74, 6) is 1.28. The topological polar surface area (TPSA) is 67.4 Å². The quantitative estimate of drug-likeness (QED) is 0.673. The largest absolute Gasteiger partial charge is 0.385 e. The summed E-state index contributed by atoms with van der Waals surface area (Å²) in [6.45, 7) is 8.92. The van der Waals surface area contributed by atoms with Gasteiger partial charge in [0.05, 0.1) is 0 Å². The Morgan fingerprint density at radius 1 is 1.27 bits per heavy atom. The fourth-order valence-electron chi connectivity index (χ4n) is 2.22. The first-order valence-electron chi connectivity index (χ1n) is 8.00. The van der Waals surface area contributed by atoms with Crippen LogP contribution in [0.25, 0.3) is 0 Å². The fraction of sp³-hybridized carbons (Fsp3) is 0.688. The predicted octanol–water partition coefficient (Wildman–Crippen LogP) is 2.50. The van der Waals surface area contributed by atoms with Crippen molar-refractivity contribution in [3.63, 3.8) is 0 Å². The molecule has 1 heterocycles. The molecule has 6 nitrogen and oxygen atoms in total. The zero-order chi connectivity index (χ0) is 16.4. The molecular weight excluding hydrogens is 280 g/mol. The first-order valence-corrected chi connectivity index (χ1v) is 8.00. The Balaban J connectivity index is 2.80. The van der Waals surface area contributed by atoms with Crippen molar-refractivity contribution in [1.82, 2.24) is 14.9 Å². The van der Waals surface area contributed by atoms with Crippen molar-refractivity contribution in [2.75, 3.05) is 38.7 Å². The second-order valence-corrected chi connectivity index (χ2v) is 5.25. The van der Waals surface area contributed by atoms with Gasteiger partial charge < -0.3 is 15.0 Å². The Labute approximate surface area is 133 Å². The molecule has 0 unspecified atom stereocenters. The van der Waals surface area contributed by atoms with E-state index in [0.717, 1.165) is 38.9 Å². The molecule has 124 valence electrons. The molecule has 0 atom stereocenters. The van der Waals surface area contributed by atoms with E-state index < -0.39 is 0 Å². The molecule has 1 aromatic rings. The molecule has 0 radical (unpaired) electrons. The molecule has 22 heavy (non-hydrogen) atoms. The lowest BCUT2D eigenvalue weighted by atomic mass is 10.2. The van der Waals surface area contributed by atoms with Crippen molar-refractivity contribution in [2.24, 2.45) is 0 Å². The van der Waals surface area contributed by atoms with E-state index in [0.29, 0.717) is 23.9 Å². The molecule has 0 saturated carbocycles. The Kier molecular flexibility index (Phi) is 8.43. The number of anilines is 1. The van der Waals surface area contributed by atoms with Crippen LogP contribution in [0.15, 0.2) is 6.07 Å². The third-order valence-corrected chi connectivity index (χ3v) is 3.16. The highest BCUT2D eigenvalue weighted by Gasteiger charge is 2.17. The Hall–Kier alpha value is -1.69. The maximum atomic E-state index is 12.6. The molecule has 6 heteroatoms. The highest BCUT2D eigenvalue weighted by molar-refractivity contribution is 5.93. The van der Waals surface area contributed by atoms with E-state index in [1.54, 1.807) is 20.1 Å². The summed E-state index contributed by atoms with van der Waals surface area (Å²) in [5, 5.41) is 3.22. The molecule has 0 bridgehead atoms. The second-order valence-electron chi connectivity index (χ2n) is 5.25. The number of nitrogens with zero attached hydrogens (tertiary/aromatic N) is 3. The number of methoxy groups -OCH3 is 1. The van der Waals surface area contributed by atoms with E-state index in [4.69, 9.17) is 4.74 Å². The van der Waals surface area contributed by atoms with Crippen molar-refractivity contribution in [1.29, 1.82) is 0 Å². The number of rotatable bonds is 10. The molecule has 0 aromatic carbocycles. The molecule has 0 aliphatic heterocycles. The van der Waals surface area contributed by atoms with E-state index in [2.05, 4.69) is 29.1 Å². The van der Waals surface area contributed by atoms with Gasteiger partial charge in [-0.3, -0.25) is 4.79 Å². The number of carbonyl (C=O) groups excluding carboxylic acids is 1. The molecule has 0 spiro atoms. The number of hydrogen-bond acceptors (Lipinski definition) is 5. The average molecular weight is 308 g/mol. The van der Waals surface area contributed by atoms with Crippen LogP contribution >= 0.6 is 0 Å². The van der Waals surface area contributed by atoms with Gasteiger partial charge in [-0.2, -0.15) is 0 Å². The smallest absolute Gasteiger partial charge is 0.272 e. The monoisotopic (exact) mass is 308 g/mol. The Bertz CT molecular complexity index is 459. The zero-order valence-corrected chi connectivity index (χ0v) is 14.2. The number of hydrogen-bond donors (Lipinski definition) is 1. The lowest BCUT2D eigenvalue weighted by Gasteiger charge is -2.21. The van der Waals surface area contributed by atoms with Gasteiger partial charge >= 0.3 is 0 Å². The van der Waals surface area contributed by atoms with Crippen LogP contribution in [0, 0.1) is 6.92 Å². The number of amides is 1. The minimum Gasteiger partial charge on any atom is -0.385 e. The Morgan fingerprint density at radius 3 is 2.55 bits per heavy atom. The SMILES string of the molecule is CCCN(CCC)C(=O)c1cc(NCCCOC)nc(C)n1. The number of nitrogens with one attached hydrogen (secondary N) is 1. The summed E-state index contributed by atoms with van der Waals surface area (Å²) in [7, 11) is 1.68. The summed E-state index contributed by atoms with van der Waals surface area (Å²) >= 11 is 0. The predicted molar refractivity (Wildman–Crippen MR) is 88.2 cm³/mol. The van der Waals surface area contributed by atoms with Gasteiger partial charge in [0.15, 0.2) is 0 Å². The maximum absolute atomic E-state index is 12.6. The van der Waals surface area contributed by atoms with E-state index >= 15 is 0 Å². The molecule has 0 fully saturated rings. The van der Waals surface area contributed by atoms with Crippen LogP contribution in [0.4, 0.5) is 5.82 Å². The van der Waals surface area contributed by atoms with Gasteiger partial charge in [-0.15, -0.1) is 0 Å². The highest BCUT2D eigenvalue weighted by atomic mass is 16.5. The van der Waals surface area contributed by atoms with Gasteiger partial charge in [-0.25, -0.2) is 9.97 Å². The maximum Gasteiger partial charge on any atom is 0.272 e. The average Bonchev–Trinajstić information content (AvgIpc) is 2.50. The van der Waals surface area contributed by atoms with E-state index in [1.807, 2.05) is 4.90 Å². The molecule has 0 aliphatic rings. The van der Waals surface area contributed by atoms with Gasteiger partial charge in [-0.05, 0) is 26.2 Å². The second kappa shape index (κ2) is 10.1. The molecule has 0 saturated heterocycles. The lowest BCUT2D eigenvalue weighted by Crippen LogP contribution is -2.33. The van der Waals surface area contributed by atoms with Crippen LogP contribution < -0.4 is 5.32 Å². The lowest BCUT2D eigenvalue weighted by molar-refractivity contribution is 0.0749. The number of aromatic nitrogens is 2. The minimum atomic E-state index is -0.0193. The van der Waals surface area contributed by atoms with Crippen LogP contribution in [0.1, 0.15) is 49.4 Å². The molecular formula is C16H28N4O2. The van der Waals surface area contributed by atoms with Crippen molar-refractivity contribution >= 4 is 11.7 Å². The fourth-order valence-corrected chi connectivity index (χ4v) is 2.22. The first kappa shape index (κ1) is 18.4. The number of ether oxygens (including phenoxy) is 1. The summed E-state index contributed by atoms with van der Waals surface area (Å²) in [6, 6.07) is 1.74. The van der Waals surface area contributed by atoms with Crippen molar-refractivity contribution < 1.29 is 9.53 Å². The van der Waals surface area contributed by atoms with Crippen molar-refractivity contribution in [3.8, 4) is 0 Å². The van der Waals surface area contributed by atoms with Crippen molar-refractivity contribution in [2.45, 2.75) is 40.0 Å². The van der Waals surface area contributed by atoms with Gasteiger partial charge in [0.2, 0.25) is 0 Å². The van der Waals surface area contributed by atoms with Gasteiger partial charge in [0.25, 0.3) is 5.91 Å². The van der Waals surface area contributed by atoms with Gasteiger partial charge in [0, 0.05) is 39.4 Å². The number of aryl methyl sites for hydroxylation is 1. The molecule has 1 N–H and O–H groups in total. The molecule has 1 amide bonds. The third kappa shape index (κ3) is 5.97. The summed E-state index contributed by atoms with van der Waals surface area (Å²) in [4.78, 5) is 23.1. The van der Waals surface area contributed by atoms with Crippen LogP contribution in [-0.4, -0.2) is 54.1 Å². The summed E-state index contributed by atoms with van der Waals surface area (Å²) in [5.41, 5.74) is 0.462.